The lowest BCUT2D eigenvalue weighted by Gasteiger charge is -2.09. The first-order valence-corrected chi connectivity index (χ1v) is 15.9. The fraction of sp³-hybridized carbons (Fsp3) is 1.00. The lowest BCUT2D eigenvalue weighted by Crippen LogP contribution is -1.97. The molecule has 0 nitrogen and oxygen atoms in total. The SMILES string of the molecule is CCCCCCCCCCCCCCCCCC(Br)CCCCCCCCCCCC. The minimum Gasteiger partial charge on any atom is -0.0891 e. The number of halogens is 1. The van der Waals surface area contributed by atoms with Crippen molar-refractivity contribution in [3.05, 3.63) is 0 Å². The Balaban J connectivity index is 3.12. The lowest BCUT2D eigenvalue weighted by molar-refractivity contribution is 0.520. The first kappa shape index (κ1) is 31.5. The Morgan fingerprint density at radius 3 is 0.742 bits per heavy atom. The van der Waals surface area contributed by atoms with E-state index in [1.807, 2.05) is 0 Å². The molecular weight excluding hydrogens is 440 g/mol. The molecule has 0 N–H and O–H groups in total. The van der Waals surface area contributed by atoms with E-state index in [2.05, 4.69) is 29.8 Å². The highest BCUT2D eigenvalue weighted by molar-refractivity contribution is 9.09. The molecular formula is C30H61Br. The molecule has 0 aromatic heterocycles. The summed E-state index contributed by atoms with van der Waals surface area (Å²) in [7, 11) is 0. The van der Waals surface area contributed by atoms with Gasteiger partial charge in [-0.1, -0.05) is 190 Å². The van der Waals surface area contributed by atoms with Gasteiger partial charge in [-0.3, -0.25) is 0 Å². The second kappa shape index (κ2) is 28.5. The molecule has 0 saturated carbocycles. The molecule has 0 bridgehead atoms. The van der Waals surface area contributed by atoms with Crippen LogP contribution < -0.4 is 0 Å². The van der Waals surface area contributed by atoms with E-state index in [1.54, 1.807) is 0 Å². The van der Waals surface area contributed by atoms with Crippen LogP contribution in [0, 0.1) is 0 Å². The van der Waals surface area contributed by atoms with E-state index >= 15 is 0 Å². The first-order valence-electron chi connectivity index (χ1n) is 14.9. The zero-order chi connectivity index (χ0) is 22.7. The molecule has 0 aromatic carbocycles. The second-order valence-electron chi connectivity index (χ2n) is 10.3. The Hall–Kier alpha value is 0.480. The summed E-state index contributed by atoms with van der Waals surface area (Å²) in [5, 5.41) is 0. The molecule has 31 heavy (non-hydrogen) atoms. The minimum absolute atomic E-state index is 0.781. The van der Waals surface area contributed by atoms with Crippen LogP contribution in [0.25, 0.3) is 0 Å². The molecule has 0 saturated heterocycles. The van der Waals surface area contributed by atoms with Gasteiger partial charge in [0.25, 0.3) is 0 Å². The lowest BCUT2D eigenvalue weighted by atomic mass is 10.0. The van der Waals surface area contributed by atoms with Crippen molar-refractivity contribution in [2.24, 2.45) is 0 Å². The molecule has 0 aliphatic heterocycles. The molecule has 0 aliphatic carbocycles. The van der Waals surface area contributed by atoms with Gasteiger partial charge in [-0.15, -0.1) is 0 Å². The van der Waals surface area contributed by atoms with Crippen molar-refractivity contribution < 1.29 is 0 Å². The van der Waals surface area contributed by atoms with Crippen LogP contribution >= 0.6 is 15.9 Å². The largest absolute Gasteiger partial charge is 0.0891 e. The predicted octanol–water partition coefficient (Wildman–Crippen LogP) is 12.3. The normalized spacial score (nSPS) is 12.5. The first-order chi connectivity index (χ1) is 15.3. The summed E-state index contributed by atoms with van der Waals surface area (Å²) in [5.74, 6) is 0. The third-order valence-corrected chi connectivity index (χ3v) is 7.91. The van der Waals surface area contributed by atoms with Crippen LogP contribution in [0.5, 0.6) is 0 Å². The van der Waals surface area contributed by atoms with Gasteiger partial charge in [-0.05, 0) is 12.8 Å². The Morgan fingerprint density at radius 2 is 0.516 bits per heavy atom. The summed E-state index contributed by atoms with van der Waals surface area (Å²) in [6, 6.07) is 0. The zero-order valence-electron chi connectivity index (χ0n) is 22.0. The van der Waals surface area contributed by atoms with Crippen molar-refractivity contribution >= 4 is 15.9 Å². The fourth-order valence-corrected chi connectivity index (χ4v) is 5.38. The average Bonchev–Trinajstić information content (AvgIpc) is 2.77. The smallest absolute Gasteiger partial charge is 0.0145 e. The third-order valence-electron chi connectivity index (χ3n) is 6.99. The summed E-state index contributed by atoms with van der Waals surface area (Å²) in [4.78, 5) is 0.781. The predicted molar refractivity (Wildman–Crippen MR) is 149 cm³/mol. The zero-order valence-corrected chi connectivity index (χ0v) is 23.6. The number of hydrogen-bond donors (Lipinski definition) is 0. The maximum absolute atomic E-state index is 3.94. The number of unbranched alkanes of at least 4 members (excludes halogenated alkanes) is 23. The fourth-order valence-electron chi connectivity index (χ4n) is 4.73. The van der Waals surface area contributed by atoms with Crippen molar-refractivity contribution in [1.29, 1.82) is 0 Å². The van der Waals surface area contributed by atoms with Gasteiger partial charge in [-0.25, -0.2) is 0 Å². The summed E-state index contributed by atoms with van der Waals surface area (Å²) in [6.07, 6.45) is 39.3. The molecule has 1 unspecified atom stereocenters. The van der Waals surface area contributed by atoms with Gasteiger partial charge in [0.05, 0.1) is 0 Å². The highest BCUT2D eigenvalue weighted by Crippen LogP contribution is 2.20. The Labute approximate surface area is 207 Å². The van der Waals surface area contributed by atoms with E-state index in [0.29, 0.717) is 0 Å². The highest BCUT2D eigenvalue weighted by Gasteiger charge is 2.04. The number of hydrogen-bond acceptors (Lipinski definition) is 0. The quantitative estimate of drug-likeness (QED) is 0.0775. The third kappa shape index (κ3) is 28.4. The van der Waals surface area contributed by atoms with Crippen molar-refractivity contribution in [3.63, 3.8) is 0 Å². The molecule has 0 fully saturated rings. The van der Waals surface area contributed by atoms with Gasteiger partial charge in [0, 0.05) is 4.83 Å². The van der Waals surface area contributed by atoms with Crippen LogP contribution in [-0.2, 0) is 0 Å². The summed E-state index contributed by atoms with van der Waals surface area (Å²) in [6.45, 7) is 4.61. The van der Waals surface area contributed by atoms with Gasteiger partial charge >= 0.3 is 0 Å². The summed E-state index contributed by atoms with van der Waals surface area (Å²) < 4.78 is 0. The Kier molecular flexibility index (Phi) is 29.0. The maximum Gasteiger partial charge on any atom is 0.0145 e. The maximum atomic E-state index is 3.94. The molecule has 0 amide bonds. The Bertz CT molecular complexity index is 301. The second-order valence-corrected chi connectivity index (χ2v) is 11.6. The summed E-state index contributed by atoms with van der Waals surface area (Å²) >= 11 is 3.94. The van der Waals surface area contributed by atoms with Crippen LogP contribution in [-0.4, -0.2) is 4.83 Å². The minimum atomic E-state index is 0.781. The van der Waals surface area contributed by atoms with E-state index < -0.39 is 0 Å². The molecule has 0 rings (SSSR count). The molecule has 188 valence electrons. The molecule has 1 heteroatoms. The Morgan fingerprint density at radius 1 is 0.323 bits per heavy atom. The van der Waals surface area contributed by atoms with E-state index in [0.717, 1.165) is 4.83 Å². The van der Waals surface area contributed by atoms with Crippen LogP contribution in [0.4, 0.5) is 0 Å². The number of rotatable bonds is 27. The van der Waals surface area contributed by atoms with Crippen molar-refractivity contribution in [2.75, 3.05) is 0 Å². The molecule has 0 aliphatic rings. The van der Waals surface area contributed by atoms with Gasteiger partial charge in [0.1, 0.15) is 0 Å². The summed E-state index contributed by atoms with van der Waals surface area (Å²) in [5.41, 5.74) is 0. The van der Waals surface area contributed by atoms with E-state index in [4.69, 9.17) is 0 Å². The van der Waals surface area contributed by atoms with Crippen molar-refractivity contribution in [2.45, 2.75) is 192 Å². The molecule has 0 spiro atoms. The van der Waals surface area contributed by atoms with E-state index in [9.17, 15) is 0 Å². The van der Waals surface area contributed by atoms with Gasteiger partial charge < -0.3 is 0 Å². The van der Waals surface area contributed by atoms with Gasteiger partial charge in [0.2, 0.25) is 0 Å². The van der Waals surface area contributed by atoms with E-state index in [-0.39, 0.29) is 0 Å². The van der Waals surface area contributed by atoms with E-state index in [1.165, 1.54) is 173 Å². The topological polar surface area (TPSA) is 0 Å². The molecule has 0 heterocycles. The van der Waals surface area contributed by atoms with Gasteiger partial charge in [0.15, 0.2) is 0 Å². The molecule has 0 aromatic rings. The van der Waals surface area contributed by atoms with Crippen LogP contribution in [0.15, 0.2) is 0 Å². The highest BCUT2D eigenvalue weighted by atomic mass is 79.9. The van der Waals surface area contributed by atoms with Gasteiger partial charge in [-0.2, -0.15) is 0 Å². The molecule has 0 radical (unpaired) electrons. The van der Waals surface area contributed by atoms with Crippen molar-refractivity contribution in [1.82, 2.24) is 0 Å². The van der Waals surface area contributed by atoms with Crippen LogP contribution in [0.3, 0.4) is 0 Å². The number of alkyl halides is 1. The van der Waals surface area contributed by atoms with Crippen molar-refractivity contribution in [3.8, 4) is 0 Å². The standard InChI is InChI=1S/C30H61Br/c1-3-5-7-9-11-13-15-16-17-18-19-21-23-25-27-29-30(31)28-26-24-22-20-14-12-10-8-6-4-2/h30H,3-29H2,1-2H3. The van der Waals surface area contributed by atoms with Crippen LogP contribution in [0.1, 0.15) is 187 Å². The molecule has 1 atom stereocenters. The van der Waals surface area contributed by atoms with Crippen LogP contribution in [0.2, 0.25) is 0 Å². The monoisotopic (exact) mass is 500 g/mol. The average molecular weight is 502 g/mol.